The highest BCUT2D eigenvalue weighted by molar-refractivity contribution is 6.14. The zero-order chi connectivity index (χ0) is 15.1. The Morgan fingerprint density at radius 2 is 2.00 bits per heavy atom. The quantitative estimate of drug-likeness (QED) is 0.768. The van der Waals surface area contributed by atoms with Crippen molar-refractivity contribution < 1.29 is 19.4 Å². The standard InChI is InChI=1S/C15H12N2O4/c1-21-11-7-8(14(16)18)6-10-12(11)13(15(19)20)9-4-2-3-5-17(9)10/h2-7H,1H3,(H2,16,18)(H,19,20). The van der Waals surface area contributed by atoms with Crippen LogP contribution in [0.2, 0.25) is 0 Å². The molecule has 0 unspecified atom stereocenters. The van der Waals surface area contributed by atoms with Crippen molar-refractivity contribution in [3.8, 4) is 5.75 Å². The minimum Gasteiger partial charge on any atom is -0.496 e. The maximum Gasteiger partial charge on any atom is 0.338 e. The third kappa shape index (κ3) is 1.80. The number of nitrogens with zero attached hydrogens (tertiary/aromatic N) is 1. The molecule has 2 heterocycles. The molecule has 21 heavy (non-hydrogen) atoms. The van der Waals surface area contributed by atoms with Crippen LogP contribution in [0.3, 0.4) is 0 Å². The Kier molecular flexibility index (Phi) is 2.79. The molecular weight excluding hydrogens is 272 g/mol. The lowest BCUT2D eigenvalue weighted by Crippen LogP contribution is -2.11. The van der Waals surface area contributed by atoms with Crippen LogP contribution in [-0.2, 0) is 0 Å². The molecule has 6 nitrogen and oxygen atoms in total. The van der Waals surface area contributed by atoms with Crippen LogP contribution in [0.5, 0.6) is 5.75 Å². The number of carboxylic acid groups (broad SMARTS) is 1. The molecule has 2 aromatic heterocycles. The molecule has 0 radical (unpaired) electrons. The Morgan fingerprint density at radius 1 is 1.24 bits per heavy atom. The van der Waals surface area contributed by atoms with E-state index in [9.17, 15) is 14.7 Å². The molecule has 0 fully saturated rings. The van der Waals surface area contributed by atoms with Gasteiger partial charge in [-0.15, -0.1) is 0 Å². The molecular formula is C15H12N2O4. The van der Waals surface area contributed by atoms with E-state index in [1.54, 1.807) is 34.9 Å². The molecule has 1 amide bonds. The molecule has 1 aromatic carbocycles. The second-order valence-corrected chi connectivity index (χ2v) is 4.57. The summed E-state index contributed by atoms with van der Waals surface area (Å²) in [5, 5.41) is 9.95. The Bertz CT molecular complexity index is 895. The number of carboxylic acids is 1. The number of primary amides is 1. The maximum atomic E-state index is 11.6. The summed E-state index contributed by atoms with van der Waals surface area (Å²) >= 11 is 0. The van der Waals surface area contributed by atoms with Crippen LogP contribution in [0.25, 0.3) is 16.4 Å². The van der Waals surface area contributed by atoms with Gasteiger partial charge >= 0.3 is 5.97 Å². The van der Waals surface area contributed by atoms with Gasteiger partial charge in [0.2, 0.25) is 5.91 Å². The Labute approximate surface area is 119 Å². The minimum atomic E-state index is -1.06. The summed E-state index contributed by atoms with van der Waals surface area (Å²) < 4.78 is 6.96. The van der Waals surface area contributed by atoms with E-state index in [0.717, 1.165) is 0 Å². The molecule has 0 bridgehead atoms. The summed E-state index contributed by atoms with van der Waals surface area (Å²) in [6.45, 7) is 0. The number of rotatable bonds is 3. The summed E-state index contributed by atoms with van der Waals surface area (Å²) in [5.74, 6) is -1.35. The highest BCUT2D eigenvalue weighted by Crippen LogP contribution is 2.35. The first-order valence-corrected chi connectivity index (χ1v) is 6.18. The number of aromatic carboxylic acids is 1. The van der Waals surface area contributed by atoms with Crippen molar-refractivity contribution in [1.29, 1.82) is 0 Å². The van der Waals surface area contributed by atoms with E-state index in [1.165, 1.54) is 13.2 Å². The Morgan fingerprint density at radius 3 is 2.62 bits per heavy atom. The second kappa shape index (κ2) is 4.52. The van der Waals surface area contributed by atoms with Gasteiger partial charge in [0.05, 0.1) is 29.1 Å². The molecule has 106 valence electrons. The molecule has 0 aliphatic heterocycles. The van der Waals surface area contributed by atoms with Crippen molar-refractivity contribution >= 4 is 28.3 Å². The van der Waals surface area contributed by atoms with Gasteiger partial charge in [-0.3, -0.25) is 4.79 Å². The number of nitrogens with two attached hydrogens (primary N) is 1. The number of amides is 1. The lowest BCUT2D eigenvalue weighted by atomic mass is 10.1. The number of methoxy groups -OCH3 is 1. The van der Waals surface area contributed by atoms with Crippen LogP contribution in [0.4, 0.5) is 0 Å². The number of aromatic nitrogens is 1. The lowest BCUT2D eigenvalue weighted by molar-refractivity contribution is 0.0700. The highest BCUT2D eigenvalue weighted by Gasteiger charge is 2.22. The smallest absolute Gasteiger partial charge is 0.338 e. The average Bonchev–Trinajstić information content (AvgIpc) is 2.80. The van der Waals surface area contributed by atoms with Crippen LogP contribution < -0.4 is 10.5 Å². The average molecular weight is 284 g/mol. The van der Waals surface area contributed by atoms with Crippen molar-refractivity contribution in [3.05, 3.63) is 47.7 Å². The van der Waals surface area contributed by atoms with Gasteiger partial charge in [0.25, 0.3) is 0 Å². The summed E-state index contributed by atoms with van der Waals surface area (Å²) in [5.41, 5.74) is 6.81. The summed E-state index contributed by atoms with van der Waals surface area (Å²) in [4.78, 5) is 23.0. The van der Waals surface area contributed by atoms with Crippen molar-refractivity contribution in [1.82, 2.24) is 4.40 Å². The molecule has 0 atom stereocenters. The van der Waals surface area contributed by atoms with Crippen LogP contribution >= 0.6 is 0 Å². The fourth-order valence-corrected chi connectivity index (χ4v) is 2.55. The topological polar surface area (TPSA) is 94.0 Å². The SMILES string of the molecule is COc1cc(C(N)=O)cc2c1c(C(=O)O)c1ccccn12. The van der Waals surface area contributed by atoms with Crippen LogP contribution in [0, 0.1) is 0 Å². The molecule has 0 saturated carbocycles. The van der Waals surface area contributed by atoms with Gasteiger partial charge in [0.15, 0.2) is 0 Å². The zero-order valence-corrected chi connectivity index (χ0v) is 11.2. The van der Waals surface area contributed by atoms with Gasteiger partial charge < -0.3 is 20.0 Å². The van der Waals surface area contributed by atoms with Crippen LogP contribution in [-0.4, -0.2) is 28.5 Å². The van der Waals surface area contributed by atoms with Crippen molar-refractivity contribution in [3.63, 3.8) is 0 Å². The Hall–Kier alpha value is -3.02. The number of ether oxygens (including phenoxy) is 1. The molecule has 0 aliphatic rings. The minimum absolute atomic E-state index is 0.137. The van der Waals surface area contributed by atoms with Gasteiger partial charge in [-0.2, -0.15) is 0 Å². The van der Waals surface area contributed by atoms with Gasteiger partial charge in [-0.1, -0.05) is 6.07 Å². The van der Waals surface area contributed by atoms with E-state index in [1.807, 2.05) is 0 Å². The predicted octanol–water partition coefficient (Wildman–Crippen LogP) is 1.90. The fourth-order valence-electron chi connectivity index (χ4n) is 2.55. The molecule has 0 saturated heterocycles. The van der Waals surface area contributed by atoms with E-state index in [4.69, 9.17) is 10.5 Å². The van der Waals surface area contributed by atoms with E-state index >= 15 is 0 Å². The molecule has 0 spiro atoms. The number of carbonyl (C=O) groups excluding carboxylic acids is 1. The number of hydrogen-bond acceptors (Lipinski definition) is 3. The first-order chi connectivity index (χ1) is 10.0. The van der Waals surface area contributed by atoms with E-state index < -0.39 is 11.9 Å². The van der Waals surface area contributed by atoms with Crippen molar-refractivity contribution in [2.45, 2.75) is 0 Å². The number of fused-ring (bicyclic) bond motifs is 3. The molecule has 3 N–H and O–H groups in total. The van der Waals surface area contributed by atoms with E-state index in [0.29, 0.717) is 22.2 Å². The molecule has 3 rings (SSSR count). The number of carbonyl (C=O) groups is 2. The normalized spacial score (nSPS) is 10.9. The third-order valence-corrected chi connectivity index (χ3v) is 3.43. The molecule has 3 aromatic rings. The molecule has 6 heteroatoms. The second-order valence-electron chi connectivity index (χ2n) is 4.57. The summed E-state index contributed by atoms with van der Waals surface area (Å²) in [6.07, 6.45) is 1.73. The van der Waals surface area contributed by atoms with E-state index in [-0.39, 0.29) is 11.1 Å². The van der Waals surface area contributed by atoms with Gasteiger partial charge in [0.1, 0.15) is 5.75 Å². The van der Waals surface area contributed by atoms with Gasteiger partial charge in [-0.05, 0) is 24.3 Å². The predicted molar refractivity (Wildman–Crippen MR) is 76.9 cm³/mol. The first kappa shape index (κ1) is 13.0. The monoisotopic (exact) mass is 284 g/mol. The number of pyridine rings is 1. The van der Waals surface area contributed by atoms with E-state index in [2.05, 4.69) is 0 Å². The van der Waals surface area contributed by atoms with Crippen LogP contribution in [0.1, 0.15) is 20.7 Å². The largest absolute Gasteiger partial charge is 0.496 e. The number of hydrogen-bond donors (Lipinski definition) is 2. The number of benzene rings is 1. The first-order valence-electron chi connectivity index (χ1n) is 6.18. The maximum absolute atomic E-state index is 11.6. The highest BCUT2D eigenvalue weighted by atomic mass is 16.5. The van der Waals surface area contributed by atoms with Gasteiger partial charge in [-0.25, -0.2) is 4.79 Å². The van der Waals surface area contributed by atoms with Crippen molar-refractivity contribution in [2.24, 2.45) is 5.73 Å². The fraction of sp³-hybridized carbons (Fsp3) is 0.0667. The summed E-state index contributed by atoms with van der Waals surface area (Å²) in [6, 6.07) is 8.26. The zero-order valence-electron chi connectivity index (χ0n) is 11.2. The van der Waals surface area contributed by atoms with Crippen molar-refractivity contribution in [2.75, 3.05) is 7.11 Å². The third-order valence-electron chi connectivity index (χ3n) is 3.43. The van der Waals surface area contributed by atoms with Gasteiger partial charge in [0, 0.05) is 11.8 Å². The Balaban J connectivity index is 2.59. The molecule has 0 aliphatic carbocycles. The summed E-state index contributed by atoms with van der Waals surface area (Å²) in [7, 11) is 1.42. The lowest BCUT2D eigenvalue weighted by Gasteiger charge is -2.05. The van der Waals surface area contributed by atoms with Crippen LogP contribution in [0.15, 0.2) is 36.5 Å².